The first-order valence-corrected chi connectivity index (χ1v) is 6.31. The van der Waals surface area contributed by atoms with Gasteiger partial charge in [-0.3, -0.25) is 0 Å². The first-order valence-electron chi connectivity index (χ1n) is 6.31. The van der Waals surface area contributed by atoms with E-state index < -0.39 is 0 Å². The molecule has 3 heterocycles. The molecule has 1 aliphatic heterocycles. The van der Waals surface area contributed by atoms with E-state index in [0.717, 1.165) is 25.9 Å². The molecule has 0 atom stereocenters. The van der Waals surface area contributed by atoms with E-state index in [1.807, 2.05) is 0 Å². The molecule has 7 nitrogen and oxygen atoms in total. The van der Waals surface area contributed by atoms with Gasteiger partial charge in [0.05, 0.1) is 0 Å². The Morgan fingerprint density at radius 2 is 2.05 bits per heavy atom. The van der Waals surface area contributed by atoms with Crippen molar-refractivity contribution in [2.75, 3.05) is 18.8 Å². The number of carbonyl (C=O) groups excluding carboxylic acids is 1. The zero-order valence-electron chi connectivity index (χ0n) is 10.5. The van der Waals surface area contributed by atoms with Crippen molar-refractivity contribution in [3.63, 3.8) is 0 Å². The number of hydrogen-bond donors (Lipinski definition) is 1. The van der Waals surface area contributed by atoms with Crippen LogP contribution in [0.2, 0.25) is 0 Å². The monoisotopic (exact) mass is 261 g/mol. The van der Waals surface area contributed by atoms with E-state index in [1.165, 1.54) is 17.3 Å². The van der Waals surface area contributed by atoms with Crippen LogP contribution in [0.3, 0.4) is 0 Å². The van der Waals surface area contributed by atoms with Crippen molar-refractivity contribution in [2.45, 2.75) is 19.3 Å². The van der Waals surface area contributed by atoms with Crippen LogP contribution in [0.4, 0.5) is 10.6 Å². The Labute approximate surface area is 110 Å². The minimum atomic E-state index is -0.336. The Morgan fingerprint density at radius 3 is 2.84 bits per heavy atom. The largest absolute Gasteiger partial charge is 0.416 e. The van der Waals surface area contributed by atoms with Gasteiger partial charge in [0.15, 0.2) is 5.82 Å². The van der Waals surface area contributed by atoms with Crippen LogP contribution in [0.1, 0.15) is 19.3 Å². The van der Waals surface area contributed by atoms with Gasteiger partial charge in [0, 0.05) is 19.2 Å². The lowest BCUT2D eigenvalue weighted by molar-refractivity contribution is 0.140. The van der Waals surface area contributed by atoms with Gasteiger partial charge in [0.25, 0.3) is 0 Å². The Bertz CT molecular complexity index is 603. The first-order chi connectivity index (χ1) is 9.25. The van der Waals surface area contributed by atoms with Gasteiger partial charge in [-0.2, -0.15) is 9.61 Å². The predicted molar refractivity (Wildman–Crippen MR) is 68.8 cm³/mol. The summed E-state index contributed by atoms with van der Waals surface area (Å²) in [4.78, 5) is 17.6. The van der Waals surface area contributed by atoms with E-state index in [-0.39, 0.29) is 6.09 Å². The minimum absolute atomic E-state index is 0.336. The van der Waals surface area contributed by atoms with Crippen molar-refractivity contribution >= 4 is 17.4 Å². The molecule has 3 rings (SSSR count). The second-order valence-corrected chi connectivity index (χ2v) is 4.53. The molecule has 0 unspecified atom stereocenters. The molecule has 2 aromatic heterocycles. The summed E-state index contributed by atoms with van der Waals surface area (Å²) in [7, 11) is 0. The van der Waals surface area contributed by atoms with Crippen LogP contribution in [0.15, 0.2) is 18.5 Å². The molecule has 1 saturated heterocycles. The van der Waals surface area contributed by atoms with Gasteiger partial charge < -0.3 is 15.4 Å². The zero-order chi connectivity index (χ0) is 13.2. The average Bonchev–Trinajstić information content (AvgIpc) is 2.84. The third-order valence-corrected chi connectivity index (χ3v) is 3.25. The number of fused-ring (bicyclic) bond motifs is 1. The zero-order valence-corrected chi connectivity index (χ0v) is 10.5. The number of nitrogens with two attached hydrogens (primary N) is 1. The normalized spacial score (nSPS) is 15.7. The van der Waals surface area contributed by atoms with Gasteiger partial charge in [0.2, 0.25) is 5.88 Å². The van der Waals surface area contributed by atoms with E-state index >= 15 is 0 Å². The smallest absolute Gasteiger partial charge is 0.391 e. The Morgan fingerprint density at radius 1 is 1.26 bits per heavy atom. The van der Waals surface area contributed by atoms with E-state index in [0.29, 0.717) is 17.2 Å². The number of aromatic nitrogens is 3. The van der Waals surface area contributed by atoms with Gasteiger partial charge in [-0.15, -0.1) is 0 Å². The highest BCUT2D eigenvalue weighted by molar-refractivity contribution is 5.72. The summed E-state index contributed by atoms with van der Waals surface area (Å²) in [6, 6.07) is 3.40. The van der Waals surface area contributed by atoms with Crippen molar-refractivity contribution in [3.05, 3.63) is 18.5 Å². The molecule has 7 heteroatoms. The van der Waals surface area contributed by atoms with Crippen molar-refractivity contribution in [1.29, 1.82) is 0 Å². The maximum atomic E-state index is 12.0. The number of ether oxygens (including phenoxy) is 1. The fraction of sp³-hybridized carbons (Fsp3) is 0.417. The van der Waals surface area contributed by atoms with E-state index in [2.05, 4.69) is 10.1 Å². The molecular formula is C12H15N5O2. The number of nitrogens with zero attached hydrogens (tertiary/aromatic N) is 4. The van der Waals surface area contributed by atoms with E-state index in [4.69, 9.17) is 10.5 Å². The van der Waals surface area contributed by atoms with E-state index in [9.17, 15) is 4.79 Å². The van der Waals surface area contributed by atoms with Crippen LogP contribution in [0.25, 0.3) is 5.52 Å². The molecule has 0 saturated carbocycles. The quantitative estimate of drug-likeness (QED) is 0.836. The lowest BCUT2D eigenvalue weighted by Crippen LogP contribution is -2.37. The molecule has 0 bridgehead atoms. The summed E-state index contributed by atoms with van der Waals surface area (Å²) in [5.41, 5.74) is 6.35. The molecule has 100 valence electrons. The number of amides is 1. The average molecular weight is 261 g/mol. The van der Waals surface area contributed by atoms with Crippen molar-refractivity contribution in [2.24, 2.45) is 0 Å². The van der Waals surface area contributed by atoms with Crippen LogP contribution in [-0.2, 0) is 0 Å². The van der Waals surface area contributed by atoms with Gasteiger partial charge in [-0.05, 0) is 25.3 Å². The Hall–Kier alpha value is -2.31. The molecule has 19 heavy (non-hydrogen) atoms. The fourth-order valence-electron chi connectivity index (χ4n) is 2.24. The molecule has 0 aromatic carbocycles. The summed E-state index contributed by atoms with van der Waals surface area (Å²) in [5, 5.41) is 4.03. The van der Waals surface area contributed by atoms with Crippen LogP contribution in [0, 0.1) is 0 Å². The number of rotatable bonds is 1. The Kier molecular flexibility index (Phi) is 2.94. The predicted octanol–water partition coefficient (Wildman–Crippen LogP) is 1.30. The van der Waals surface area contributed by atoms with Gasteiger partial charge in [0.1, 0.15) is 11.8 Å². The second-order valence-electron chi connectivity index (χ2n) is 4.53. The molecule has 0 spiro atoms. The molecule has 2 N–H and O–H groups in total. The maximum Gasteiger partial charge on any atom is 0.416 e. The molecule has 0 aliphatic carbocycles. The van der Waals surface area contributed by atoms with E-state index in [1.54, 1.807) is 17.0 Å². The molecule has 1 amide bonds. The summed E-state index contributed by atoms with van der Waals surface area (Å²) in [5.74, 6) is 0.718. The number of likely N-dealkylation sites (tertiary alicyclic amines) is 1. The number of anilines is 1. The van der Waals surface area contributed by atoms with Crippen LogP contribution >= 0.6 is 0 Å². The molecular weight excluding hydrogens is 246 g/mol. The highest BCUT2D eigenvalue weighted by atomic mass is 16.6. The maximum absolute atomic E-state index is 12.0. The SMILES string of the molecule is Nc1ncnn2c(OC(=O)N3CCCCC3)ccc12. The lowest BCUT2D eigenvalue weighted by Gasteiger charge is -2.25. The minimum Gasteiger partial charge on any atom is -0.391 e. The summed E-state index contributed by atoms with van der Waals surface area (Å²) < 4.78 is 6.84. The molecule has 2 aromatic rings. The number of hydrogen-bond acceptors (Lipinski definition) is 5. The van der Waals surface area contributed by atoms with Gasteiger partial charge >= 0.3 is 6.09 Å². The molecule has 1 aliphatic rings. The second kappa shape index (κ2) is 4.75. The summed E-state index contributed by atoms with van der Waals surface area (Å²) >= 11 is 0. The van der Waals surface area contributed by atoms with Crippen molar-refractivity contribution in [1.82, 2.24) is 19.5 Å². The topological polar surface area (TPSA) is 85.7 Å². The lowest BCUT2D eigenvalue weighted by atomic mass is 10.1. The standard InChI is InChI=1S/C12H15N5O2/c13-11-9-4-5-10(17(9)15-8-14-11)19-12(18)16-6-2-1-3-7-16/h4-5,8H,1-3,6-7H2,(H2,13,14,15). The number of carbonyl (C=O) groups is 1. The van der Waals surface area contributed by atoms with Crippen molar-refractivity contribution < 1.29 is 9.53 Å². The van der Waals surface area contributed by atoms with Crippen molar-refractivity contribution in [3.8, 4) is 5.88 Å². The highest BCUT2D eigenvalue weighted by Crippen LogP contribution is 2.20. The van der Waals surface area contributed by atoms with Gasteiger partial charge in [-0.25, -0.2) is 9.78 Å². The van der Waals surface area contributed by atoms with Crippen LogP contribution < -0.4 is 10.5 Å². The fourth-order valence-corrected chi connectivity index (χ4v) is 2.24. The third kappa shape index (κ3) is 2.18. The summed E-state index contributed by atoms with van der Waals surface area (Å²) in [6.45, 7) is 1.50. The molecule has 0 radical (unpaired) electrons. The first kappa shape index (κ1) is 11.8. The third-order valence-electron chi connectivity index (χ3n) is 3.25. The molecule has 1 fully saturated rings. The Balaban J connectivity index is 1.81. The summed E-state index contributed by atoms with van der Waals surface area (Å²) in [6.07, 6.45) is 4.22. The highest BCUT2D eigenvalue weighted by Gasteiger charge is 2.20. The van der Waals surface area contributed by atoms with Crippen LogP contribution in [-0.4, -0.2) is 38.7 Å². The van der Waals surface area contributed by atoms with Gasteiger partial charge in [-0.1, -0.05) is 0 Å². The number of nitrogen functional groups attached to an aromatic ring is 1. The number of piperidine rings is 1. The van der Waals surface area contributed by atoms with Crippen LogP contribution in [0.5, 0.6) is 5.88 Å².